The van der Waals surface area contributed by atoms with E-state index in [9.17, 15) is 70.6 Å². The standard InChI is InChI=1S/C30H54O13.C28H52O12/c1-4-5-6-7-8-9-10-11-12-13-14-15-16-38-30-28(26(36)24(34)22(42-30)18-40-20(3)32)43-29-27(37)25(35)23(33)21(41-29)17-39-19(2)31;1-3-4-5-6-7-8-9-10-11-12-13-14-15-36-28-26(24(34)22(32)20(39-28)17-37-18(2)30)40-27-25(35)23(33)21(31)19(16-29)38-27/h21-30,33-37H,4-18H2,1-3H3;19-29,31-35H,3-17H2,1-2H3. The lowest BCUT2D eigenvalue weighted by molar-refractivity contribution is -0.367. The van der Waals surface area contributed by atoms with Crippen LogP contribution in [0.4, 0.5) is 0 Å². The van der Waals surface area contributed by atoms with Gasteiger partial charge in [0.2, 0.25) is 0 Å². The number of ether oxygens (including phenoxy) is 11. The maximum absolute atomic E-state index is 11.3. The predicted octanol–water partition coefficient (Wildman–Crippen LogP) is 2.37. The van der Waals surface area contributed by atoms with Crippen molar-refractivity contribution in [1.29, 1.82) is 0 Å². The fraction of sp³-hybridized carbons (Fsp3) is 0.948. The Bertz CT molecular complexity index is 1700. The van der Waals surface area contributed by atoms with Gasteiger partial charge in [-0.25, -0.2) is 0 Å². The maximum Gasteiger partial charge on any atom is 0.302 e. The Hall–Kier alpha value is -2.35. The molecule has 0 amide bonds. The third-order valence-electron chi connectivity index (χ3n) is 15.3. The van der Waals surface area contributed by atoms with Crippen LogP contribution >= 0.6 is 0 Å². The molecule has 4 aliphatic rings. The third kappa shape index (κ3) is 27.3. The number of aliphatic hydroxyl groups excluding tert-OH is 11. The minimum Gasteiger partial charge on any atom is -0.463 e. The molecule has 0 saturated carbocycles. The summed E-state index contributed by atoms with van der Waals surface area (Å²) in [6.45, 7) is 6.79. The normalized spacial score (nSPS) is 33.7. The number of hydrogen-bond donors (Lipinski definition) is 11. The van der Waals surface area contributed by atoms with E-state index in [-0.39, 0.29) is 26.4 Å². The fourth-order valence-corrected chi connectivity index (χ4v) is 10.2. The molecule has 4 rings (SSSR count). The molecule has 25 nitrogen and oxygen atoms in total. The van der Waals surface area contributed by atoms with Crippen LogP contribution in [0.25, 0.3) is 0 Å². The molecule has 0 aromatic heterocycles. The van der Waals surface area contributed by atoms with E-state index in [0.29, 0.717) is 6.42 Å². The Morgan fingerprint density at radius 3 is 0.867 bits per heavy atom. The number of aliphatic hydroxyl groups is 11. The van der Waals surface area contributed by atoms with E-state index < -0.39 is 154 Å². The molecule has 20 atom stereocenters. The van der Waals surface area contributed by atoms with Gasteiger partial charge >= 0.3 is 17.9 Å². The summed E-state index contributed by atoms with van der Waals surface area (Å²) >= 11 is 0. The number of carbonyl (C=O) groups is 3. The molecule has 4 heterocycles. The van der Waals surface area contributed by atoms with Gasteiger partial charge in [0.25, 0.3) is 0 Å². The Morgan fingerprint density at radius 1 is 0.325 bits per heavy atom. The molecule has 4 fully saturated rings. The van der Waals surface area contributed by atoms with Crippen LogP contribution in [-0.2, 0) is 66.5 Å². The summed E-state index contributed by atoms with van der Waals surface area (Å²) < 4.78 is 60.6. The SMILES string of the molecule is CCCCCCCCCCCCCCOC1OC(COC(C)=O)C(O)C(O)C1OC1OC(CO)C(O)C(O)C1O.CCCCCCCCCCCCCCOC1OC(COC(C)=O)C(O)C(O)C1OC1OC(COC(C)=O)C(O)C(O)C1O. The number of unbranched alkanes of at least 4 members (excludes halogenated alkanes) is 22. The molecule has 0 bridgehead atoms. The van der Waals surface area contributed by atoms with Crippen molar-refractivity contribution in [3.63, 3.8) is 0 Å². The molecule has 0 radical (unpaired) electrons. The van der Waals surface area contributed by atoms with Gasteiger partial charge in [0.15, 0.2) is 25.2 Å². The van der Waals surface area contributed by atoms with Gasteiger partial charge in [-0.3, -0.25) is 14.4 Å². The van der Waals surface area contributed by atoms with E-state index in [0.717, 1.165) is 51.9 Å². The highest BCUT2D eigenvalue weighted by molar-refractivity contribution is 5.66. The van der Waals surface area contributed by atoms with E-state index in [1.165, 1.54) is 117 Å². The molecule has 0 aliphatic carbocycles. The molecule has 20 unspecified atom stereocenters. The summed E-state index contributed by atoms with van der Waals surface area (Å²) in [5.74, 6) is -1.82. The van der Waals surface area contributed by atoms with Crippen LogP contribution in [0.2, 0.25) is 0 Å². The minimum atomic E-state index is -1.75. The van der Waals surface area contributed by atoms with Gasteiger partial charge in [0, 0.05) is 34.0 Å². The zero-order valence-electron chi connectivity index (χ0n) is 49.9. The molecule has 0 aromatic rings. The van der Waals surface area contributed by atoms with Gasteiger partial charge in [0.1, 0.15) is 117 Å². The number of carbonyl (C=O) groups excluding carboxylic acids is 3. The molecule has 25 heteroatoms. The van der Waals surface area contributed by atoms with Crippen LogP contribution < -0.4 is 0 Å². The first-order valence-corrected chi connectivity index (χ1v) is 30.7. The zero-order valence-corrected chi connectivity index (χ0v) is 49.9. The molecule has 11 N–H and O–H groups in total. The van der Waals surface area contributed by atoms with E-state index in [1.807, 2.05) is 0 Å². The van der Waals surface area contributed by atoms with E-state index in [2.05, 4.69) is 13.8 Å². The summed E-state index contributed by atoms with van der Waals surface area (Å²) in [4.78, 5) is 33.8. The van der Waals surface area contributed by atoms with Gasteiger partial charge in [-0.2, -0.15) is 0 Å². The van der Waals surface area contributed by atoms with Crippen molar-refractivity contribution in [2.45, 2.75) is 312 Å². The highest BCUT2D eigenvalue weighted by Gasteiger charge is 2.53. The van der Waals surface area contributed by atoms with Crippen LogP contribution in [0.1, 0.15) is 189 Å². The van der Waals surface area contributed by atoms with Crippen LogP contribution in [0.3, 0.4) is 0 Å². The summed E-state index contributed by atoms with van der Waals surface area (Å²) in [6, 6.07) is 0. The summed E-state index contributed by atoms with van der Waals surface area (Å²) in [5, 5.41) is 114. The lowest BCUT2D eigenvalue weighted by Crippen LogP contribution is -2.64. The van der Waals surface area contributed by atoms with E-state index in [4.69, 9.17) is 52.1 Å². The summed E-state index contributed by atoms with van der Waals surface area (Å²) in [5.41, 5.74) is 0. The minimum absolute atomic E-state index is 0.246. The largest absolute Gasteiger partial charge is 0.463 e. The first-order valence-electron chi connectivity index (χ1n) is 30.7. The average molecular weight is 1200 g/mol. The highest BCUT2D eigenvalue weighted by Crippen LogP contribution is 2.33. The predicted molar refractivity (Wildman–Crippen MR) is 296 cm³/mol. The lowest BCUT2D eigenvalue weighted by Gasteiger charge is -2.46. The maximum atomic E-state index is 11.3. The molecular formula is C58H106O25. The first kappa shape index (κ1) is 74.9. The lowest BCUT2D eigenvalue weighted by atomic mass is 9.97. The van der Waals surface area contributed by atoms with Gasteiger partial charge in [-0.1, -0.05) is 155 Å². The van der Waals surface area contributed by atoms with Gasteiger partial charge < -0.3 is 108 Å². The quantitative estimate of drug-likeness (QED) is 0.0239. The third-order valence-corrected chi connectivity index (χ3v) is 15.3. The average Bonchev–Trinajstić information content (AvgIpc) is 3.26. The van der Waals surface area contributed by atoms with E-state index in [1.54, 1.807) is 0 Å². The Morgan fingerprint density at radius 2 is 0.578 bits per heavy atom. The summed E-state index contributed by atoms with van der Waals surface area (Å²) in [6.07, 6.45) is -1.20. The first-order chi connectivity index (χ1) is 39.8. The van der Waals surface area contributed by atoms with Crippen molar-refractivity contribution < 1.29 is 123 Å². The second kappa shape index (κ2) is 42.5. The molecule has 4 aliphatic heterocycles. The van der Waals surface area contributed by atoms with Crippen molar-refractivity contribution in [3.8, 4) is 0 Å². The van der Waals surface area contributed by atoms with Crippen molar-refractivity contribution in [2.24, 2.45) is 0 Å². The van der Waals surface area contributed by atoms with Crippen LogP contribution in [-0.4, -0.2) is 237 Å². The zero-order chi connectivity index (χ0) is 61.3. The molecular weight excluding hydrogens is 1100 g/mol. The van der Waals surface area contributed by atoms with Crippen molar-refractivity contribution >= 4 is 17.9 Å². The second-order valence-electron chi connectivity index (χ2n) is 22.4. The summed E-state index contributed by atoms with van der Waals surface area (Å²) in [7, 11) is 0. The molecule has 488 valence electrons. The van der Waals surface area contributed by atoms with Crippen molar-refractivity contribution in [3.05, 3.63) is 0 Å². The highest BCUT2D eigenvalue weighted by atomic mass is 16.8. The Labute approximate surface area is 490 Å². The molecule has 0 spiro atoms. The number of esters is 3. The van der Waals surface area contributed by atoms with Crippen molar-refractivity contribution in [1.82, 2.24) is 0 Å². The van der Waals surface area contributed by atoms with Crippen LogP contribution in [0.15, 0.2) is 0 Å². The van der Waals surface area contributed by atoms with Crippen molar-refractivity contribution in [2.75, 3.05) is 39.6 Å². The van der Waals surface area contributed by atoms with Gasteiger partial charge in [0.05, 0.1) is 6.61 Å². The van der Waals surface area contributed by atoms with E-state index >= 15 is 0 Å². The number of hydrogen-bond acceptors (Lipinski definition) is 25. The van der Waals surface area contributed by atoms with Crippen LogP contribution in [0.5, 0.6) is 0 Å². The molecule has 0 aromatic carbocycles. The van der Waals surface area contributed by atoms with Crippen LogP contribution in [0, 0.1) is 0 Å². The Kier molecular flexibility index (Phi) is 38.4. The number of rotatable bonds is 39. The molecule has 4 saturated heterocycles. The van der Waals surface area contributed by atoms with Gasteiger partial charge in [-0.05, 0) is 12.8 Å². The second-order valence-corrected chi connectivity index (χ2v) is 22.4. The van der Waals surface area contributed by atoms with Gasteiger partial charge in [-0.15, -0.1) is 0 Å². The smallest absolute Gasteiger partial charge is 0.302 e. The topological polar surface area (TPSA) is 375 Å². The Balaban J connectivity index is 0.000000436. The fourth-order valence-electron chi connectivity index (χ4n) is 10.2. The monoisotopic (exact) mass is 1200 g/mol. The molecule has 83 heavy (non-hydrogen) atoms.